The highest BCUT2D eigenvalue weighted by molar-refractivity contribution is 6.23. The van der Waals surface area contributed by atoms with Gasteiger partial charge >= 0.3 is 12.4 Å². The number of fused-ring (bicyclic) bond motifs is 2. The van der Waals surface area contributed by atoms with Crippen molar-refractivity contribution < 1.29 is 64.7 Å². The van der Waals surface area contributed by atoms with Gasteiger partial charge in [-0.15, -0.1) is 0 Å². The van der Waals surface area contributed by atoms with Crippen molar-refractivity contribution in [2.75, 3.05) is 13.3 Å². The van der Waals surface area contributed by atoms with Crippen LogP contribution in [-0.4, -0.2) is 92.5 Å². The van der Waals surface area contributed by atoms with Crippen molar-refractivity contribution >= 4 is 47.3 Å². The molecule has 0 fully saturated rings. The predicted octanol–water partition coefficient (Wildman–Crippen LogP) is 2.05. The number of alkyl halides is 6. The second kappa shape index (κ2) is 10.0. The summed E-state index contributed by atoms with van der Waals surface area (Å²) in [5.74, 6) is -8.83. The van der Waals surface area contributed by atoms with Crippen molar-refractivity contribution in [3.8, 4) is 0 Å². The van der Waals surface area contributed by atoms with E-state index < -0.39 is 112 Å². The zero-order valence-corrected chi connectivity index (χ0v) is 23.0. The summed E-state index contributed by atoms with van der Waals surface area (Å²) in [4.78, 5) is 101. The van der Waals surface area contributed by atoms with Gasteiger partial charge in [-0.25, -0.2) is 0 Å². The van der Waals surface area contributed by atoms with Crippen molar-refractivity contribution in [2.24, 2.45) is 0 Å². The molecule has 4 heterocycles. The fourth-order valence-electron chi connectivity index (χ4n) is 5.71. The molecule has 0 saturated heterocycles. The Morgan fingerprint density at radius 2 is 0.723 bits per heavy atom. The lowest BCUT2D eigenvalue weighted by Gasteiger charge is -2.38. The minimum absolute atomic E-state index is 0.215. The van der Waals surface area contributed by atoms with E-state index in [2.05, 4.69) is 0 Å². The first-order chi connectivity index (χ1) is 21.9. The van der Waals surface area contributed by atoms with Crippen LogP contribution in [0.1, 0.15) is 52.6 Å². The van der Waals surface area contributed by atoms with Crippen LogP contribution in [0.4, 0.5) is 26.3 Å². The van der Waals surface area contributed by atoms with E-state index in [-0.39, 0.29) is 12.1 Å². The highest BCUT2D eigenvalue weighted by atomic mass is 19.4. The van der Waals surface area contributed by atoms with Crippen LogP contribution in [-0.2, 0) is 24.6 Å². The molecule has 12 nitrogen and oxygen atoms in total. The van der Waals surface area contributed by atoms with Crippen molar-refractivity contribution in [2.45, 2.75) is 17.8 Å². The molecule has 0 spiro atoms. The molecule has 18 heteroatoms. The molecule has 0 aliphatic carbocycles. The average Bonchev–Trinajstić information content (AvgIpc) is 3.64. The number of carbonyl (C=O) groups excluding carboxylic acids is 8. The first-order valence-corrected chi connectivity index (χ1v) is 13.1. The fraction of sp³-hybridized carbons (Fsp3) is 0.172. The number of carbonyl (C=O) groups is 8. The second-order valence-corrected chi connectivity index (χ2v) is 10.5. The predicted molar refractivity (Wildman–Crippen MR) is 138 cm³/mol. The van der Waals surface area contributed by atoms with E-state index in [1.54, 1.807) is 0 Å². The standard InChI is InChI=1S/C29H14F6N4O8/c30-28(31,32)27(29(33,34)35,13-1-3-15-17(9-13)25(46)38(23(15)44)11-36-19(40)5-6-20(36)41)14-2-4-16-18(10-14)26(47)39(24(16)45)12-37-21(42)7-8-22(37)43/h1-10H,11-12H2. The summed E-state index contributed by atoms with van der Waals surface area (Å²) in [5.41, 5.74) is -11.1. The third-order valence-electron chi connectivity index (χ3n) is 8.02. The van der Waals surface area contributed by atoms with Gasteiger partial charge in [0.05, 0.1) is 22.3 Å². The number of halogens is 6. The van der Waals surface area contributed by atoms with Gasteiger partial charge in [-0.05, 0) is 35.4 Å². The second-order valence-electron chi connectivity index (χ2n) is 10.5. The van der Waals surface area contributed by atoms with E-state index in [1.165, 1.54) is 0 Å². The molecule has 240 valence electrons. The topological polar surface area (TPSA) is 150 Å². The zero-order valence-electron chi connectivity index (χ0n) is 23.0. The molecule has 0 radical (unpaired) electrons. The van der Waals surface area contributed by atoms with Gasteiger partial charge in [0, 0.05) is 24.3 Å². The monoisotopic (exact) mass is 660 g/mol. The molecule has 2 aromatic rings. The minimum Gasteiger partial charge on any atom is -0.269 e. The van der Waals surface area contributed by atoms with Gasteiger partial charge in [0.15, 0.2) is 0 Å². The van der Waals surface area contributed by atoms with E-state index >= 15 is 0 Å². The van der Waals surface area contributed by atoms with E-state index in [0.717, 1.165) is 24.3 Å². The first kappa shape index (κ1) is 31.1. The Morgan fingerprint density at radius 3 is 1.02 bits per heavy atom. The Hall–Kier alpha value is -5.94. The zero-order chi connectivity index (χ0) is 34.4. The smallest absolute Gasteiger partial charge is 0.269 e. The number of benzene rings is 2. The van der Waals surface area contributed by atoms with Gasteiger partial charge in [0.25, 0.3) is 47.3 Å². The molecule has 0 saturated carbocycles. The molecule has 6 rings (SSSR count). The third kappa shape index (κ3) is 4.31. The lowest BCUT2D eigenvalue weighted by atomic mass is 9.71. The summed E-state index contributed by atoms with van der Waals surface area (Å²) in [6, 6.07) is 2.20. The number of rotatable bonds is 6. The van der Waals surface area contributed by atoms with Gasteiger partial charge < -0.3 is 0 Å². The molecule has 0 aromatic heterocycles. The average molecular weight is 660 g/mol. The normalized spacial score (nSPS) is 18.2. The van der Waals surface area contributed by atoms with E-state index in [0.29, 0.717) is 43.9 Å². The molecular formula is C29H14F6N4O8. The SMILES string of the molecule is O=C1C=CC(=O)N1CN1C(=O)c2ccc(C(c3ccc4c(c3)C(=O)N(CN3C(=O)C=CC3=O)C4=O)(C(F)(F)F)C(F)(F)F)cc2C1=O. The Kier molecular flexibility index (Phi) is 6.63. The third-order valence-corrected chi connectivity index (χ3v) is 8.02. The van der Waals surface area contributed by atoms with Gasteiger partial charge in [0.2, 0.25) is 5.41 Å². The molecule has 0 N–H and O–H groups in total. The van der Waals surface area contributed by atoms with Crippen LogP contribution in [0.5, 0.6) is 0 Å². The van der Waals surface area contributed by atoms with Gasteiger partial charge in [-0.3, -0.25) is 58.0 Å². The Labute approximate surface area is 257 Å². The quantitative estimate of drug-likeness (QED) is 0.338. The van der Waals surface area contributed by atoms with Gasteiger partial charge in [-0.2, -0.15) is 26.3 Å². The molecule has 0 unspecified atom stereocenters. The Morgan fingerprint density at radius 1 is 0.426 bits per heavy atom. The van der Waals surface area contributed by atoms with E-state index in [4.69, 9.17) is 0 Å². The molecule has 47 heavy (non-hydrogen) atoms. The largest absolute Gasteiger partial charge is 0.411 e. The summed E-state index contributed by atoms with van der Waals surface area (Å²) < 4.78 is 89.6. The molecule has 0 bridgehead atoms. The van der Waals surface area contributed by atoms with Gasteiger partial charge in [0.1, 0.15) is 13.3 Å². The number of amides is 8. The maximum Gasteiger partial charge on any atom is 0.411 e. The fourth-order valence-corrected chi connectivity index (χ4v) is 5.71. The van der Waals surface area contributed by atoms with Gasteiger partial charge in [-0.1, -0.05) is 12.1 Å². The van der Waals surface area contributed by atoms with Crippen LogP contribution >= 0.6 is 0 Å². The minimum atomic E-state index is -6.22. The molecule has 4 aliphatic heterocycles. The highest BCUT2D eigenvalue weighted by Crippen LogP contribution is 2.57. The lowest BCUT2D eigenvalue weighted by Crippen LogP contribution is -2.55. The number of nitrogens with zero attached hydrogens (tertiary/aromatic N) is 4. The Balaban J connectivity index is 1.43. The first-order valence-electron chi connectivity index (χ1n) is 13.1. The summed E-state index contributed by atoms with van der Waals surface area (Å²) in [6.07, 6.45) is -9.12. The summed E-state index contributed by atoms with van der Waals surface area (Å²) in [5, 5.41) is 0. The summed E-state index contributed by atoms with van der Waals surface area (Å²) in [7, 11) is 0. The highest BCUT2D eigenvalue weighted by Gasteiger charge is 2.73. The van der Waals surface area contributed by atoms with Crippen LogP contribution in [0, 0.1) is 0 Å². The van der Waals surface area contributed by atoms with Crippen LogP contribution in [0.2, 0.25) is 0 Å². The summed E-state index contributed by atoms with van der Waals surface area (Å²) in [6.45, 7) is -1.92. The van der Waals surface area contributed by atoms with Crippen LogP contribution in [0.3, 0.4) is 0 Å². The molecule has 0 atom stereocenters. The molecule has 2 aromatic carbocycles. The number of hydrogen-bond acceptors (Lipinski definition) is 8. The maximum absolute atomic E-state index is 14.9. The number of imide groups is 4. The van der Waals surface area contributed by atoms with Crippen LogP contribution < -0.4 is 0 Å². The van der Waals surface area contributed by atoms with Crippen molar-refractivity contribution in [1.29, 1.82) is 0 Å². The maximum atomic E-state index is 14.9. The van der Waals surface area contributed by atoms with E-state index in [9.17, 15) is 64.7 Å². The molecule has 4 aliphatic rings. The molecular weight excluding hydrogens is 646 g/mol. The van der Waals surface area contributed by atoms with E-state index in [1.807, 2.05) is 0 Å². The van der Waals surface area contributed by atoms with Crippen molar-refractivity contribution in [1.82, 2.24) is 19.6 Å². The van der Waals surface area contributed by atoms with Crippen LogP contribution in [0.15, 0.2) is 60.7 Å². The van der Waals surface area contributed by atoms with Crippen molar-refractivity contribution in [3.63, 3.8) is 0 Å². The summed E-state index contributed by atoms with van der Waals surface area (Å²) >= 11 is 0. The number of hydrogen-bond donors (Lipinski definition) is 0. The lowest BCUT2D eigenvalue weighted by molar-refractivity contribution is -0.288. The molecule has 8 amide bonds. The Bertz CT molecular complexity index is 1790. The van der Waals surface area contributed by atoms with Crippen LogP contribution in [0.25, 0.3) is 0 Å². The van der Waals surface area contributed by atoms with Crippen molar-refractivity contribution in [3.05, 3.63) is 94.1 Å².